The number of allylic oxidation sites excluding steroid dienone is 2. The number of hydrogen-bond donors (Lipinski definition) is 0. The number of nitrogens with zero attached hydrogens (tertiary/aromatic N) is 4. The Morgan fingerprint density at radius 1 is 1.05 bits per heavy atom. The van der Waals surface area contributed by atoms with Crippen LogP contribution < -0.4 is 0 Å². The van der Waals surface area contributed by atoms with Crippen molar-refractivity contribution in [3.63, 3.8) is 0 Å². The molecule has 1 aromatic rings. The predicted octanol–water partition coefficient (Wildman–Crippen LogP) is 5.42. The molecule has 4 atom stereocenters. The zero-order valence-corrected chi connectivity index (χ0v) is 24.4. The zero-order chi connectivity index (χ0) is 27.1. The third-order valence-electron chi connectivity index (χ3n) is 9.24. The van der Waals surface area contributed by atoms with E-state index in [1.165, 1.54) is 43.3 Å². The van der Waals surface area contributed by atoms with Crippen LogP contribution in [0.1, 0.15) is 50.2 Å². The first-order chi connectivity index (χ1) is 18.9. The van der Waals surface area contributed by atoms with Gasteiger partial charge in [0.15, 0.2) is 0 Å². The third-order valence-corrected chi connectivity index (χ3v) is 10.6. The standard InChI is InChI=1S/C32H40N4O2S/c1-20-7-9-21(10-8-20)26-19-35(2)17-15-24(26)25-18-28(39-29(25)32(37)38-4)22-11-13-23(14-12-22)30-34-27-6-5-16-33-31(27)36(30)3/h5-6,11-14,16,18,20-21,25,27,29,31H,7-10,15,17,19H2,1-4H3. The van der Waals surface area contributed by atoms with Gasteiger partial charge in [-0.05, 0) is 49.8 Å². The maximum Gasteiger partial charge on any atom is 0.320 e. The Labute approximate surface area is 237 Å². The summed E-state index contributed by atoms with van der Waals surface area (Å²) in [4.78, 5) is 28.4. The van der Waals surface area contributed by atoms with Crippen LogP contribution in [0.2, 0.25) is 0 Å². The summed E-state index contributed by atoms with van der Waals surface area (Å²) in [7, 11) is 5.82. The van der Waals surface area contributed by atoms with Crippen LogP contribution in [0.4, 0.5) is 0 Å². The fourth-order valence-corrected chi connectivity index (χ4v) is 8.28. The lowest BCUT2D eigenvalue weighted by Crippen LogP contribution is -2.36. The molecule has 0 amide bonds. The highest BCUT2D eigenvalue weighted by atomic mass is 32.2. The number of carbonyl (C=O) groups is 1. The molecule has 0 spiro atoms. The van der Waals surface area contributed by atoms with Crippen molar-refractivity contribution in [2.75, 3.05) is 34.3 Å². The zero-order valence-electron chi connectivity index (χ0n) is 23.5. The molecule has 1 aliphatic carbocycles. The van der Waals surface area contributed by atoms with E-state index in [2.05, 4.69) is 72.2 Å². The van der Waals surface area contributed by atoms with Gasteiger partial charge in [-0.2, -0.15) is 0 Å². The number of amidine groups is 1. The number of thioether (sulfide) groups is 1. The predicted molar refractivity (Wildman–Crippen MR) is 161 cm³/mol. The number of esters is 1. The van der Waals surface area contributed by atoms with E-state index in [-0.39, 0.29) is 29.3 Å². The van der Waals surface area contributed by atoms with Gasteiger partial charge in [0.25, 0.3) is 0 Å². The van der Waals surface area contributed by atoms with E-state index in [9.17, 15) is 4.79 Å². The number of hydrogen-bond acceptors (Lipinski definition) is 7. The molecule has 7 heteroatoms. The Hall–Kier alpha value is -2.64. The van der Waals surface area contributed by atoms with Crippen molar-refractivity contribution in [1.29, 1.82) is 0 Å². The van der Waals surface area contributed by atoms with Crippen molar-refractivity contribution < 1.29 is 9.53 Å². The average molecular weight is 545 g/mol. The number of rotatable bonds is 5. The van der Waals surface area contributed by atoms with Crippen LogP contribution >= 0.6 is 11.8 Å². The lowest BCUT2D eigenvalue weighted by atomic mass is 9.74. The molecule has 0 bridgehead atoms. The molecule has 6 nitrogen and oxygen atoms in total. The summed E-state index contributed by atoms with van der Waals surface area (Å²) < 4.78 is 5.34. The fraction of sp³-hybridized carbons (Fsp3) is 0.531. The Kier molecular flexibility index (Phi) is 7.56. The lowest BCUT2D eigenvalue weighted by molar-refractivity contribution is -0.140. The molecular formula is C32H40N4O2S. The molecule has 0 N–H and O–H groups in total. The number of carbonyl (C=O) groups excluding carboxylic acids is 1. The van der Waals surface area contributed by atoms with E-state index in [0.29, 0.717) is 5.92 Å². The second-order valence-electron chi connectivity index (χ2n) is 11.8. The molecule has 39 heavy (non-hydrogen) atoms. The van der Waals surface area contributed by atoms with E-state index in [0.717, 1.165) is 42.4 Å². The maximum absolute atomic E-state index is 13.1. The summed E-state index contributed by atoms with van der Waals surface area (Å²) in [6.07, 6.45) is 14.6. The van der Waals surface area contributed by atoms with Crippen molar-refractivity contribution >= 4 is 34.7 Å². The SMILES string of the molecule is COC(=O)C1SC(c2ccc(C3=NC4C=CC=NC4N3C)cc2)=CC1C1=C(C2CCC(C)CC2)CN(C)CC1. The molecule has 4 aliphatic heterocycles. The van der Waals surface area contributed by atoms with Gasteiger partial charge in [0, 0.05) is 42.7 Å². The van der Waals surface area contributed by atoms with Crippen molar-refractivity contribution in [1.82, 2.24) is 9.80 Å². The summed E-state index contributed by atoms with van der Waals surface area (Å²) in [5.74, 6) is 2.43. The van der Waals surface area contributed by atoms with E-state index in [1.807, 2.05) is 12.3 Å². The number of fused-ring (bicyclic) bond motifs is 1. The van der Waals surface area contributed by atoms with Gasteiger partial charge < -0.3 is 14.5 Å². The molecule has 0 saturated heterocycles. The van der Waals surface area contributed by atoms with E-state index in [4.69, 9.17) is 9.73 Å². The number of ether oxygens (including phenoxy) is 1. The summed E-state index contributed by atoms with van der Waals surface area (Å²) >= 11 is 1.67. The molecule has 0 radical (unpaired) electrons. The van der Waals surface area contributed by atoms with E-state index < -0.39 is 0 Å². The van der Waals surface area contributed by atoms with E-state index in [1.54, 1.807) is 17.3 Å². The molecule has 1 saturated carbocycles. The number of likely N-dealkylation sites (N-methyl/N-ethyl adjacent to an activating group) is 2. The van der Waals surface area contributed by atoms with Crippen LogP contribution in [0.15, 0.2) is 63.6 Å². The van der Waals surface area contributed by atoms with Gasteiger partial charge in [-0.3, -0.25) is 14.8 Å². The number of methoxy groups -OCH3 is 1. The summed E-state index contributed by atoms with van der Waals surface area (Å²) in [5.41, 5.74) is 5.35. The molecular weight excluding hydrogens is 504 g/mol. The maximum atomic E-state index is 13.1. The van der Waals surface area contributed by atoms with Crippen molar-refractivity contribution in [2.45, 2.75) is 56.5 Å². The normalized spacial score (nSPS) is 32.8. The van der Waals surface area contributed by atoms with Gasteiger partial charge in [-0.15, -0.1) is 11.8 Å². The lowest BCUT2D eigenvalue weighted by Gasteiger charge is -2.37. The first-order valence-electron chi connectivity index (χ1n) is 14.4. The second kappa shape index (κ2) is 11.1. The summed E-state index contributed by atoms with van der Waals surface area (Å²) in [6.45, 7) is 4.46. The Balaban J connectivity index is 1.29. The molecule has 4 heterocycles. The van der Waals surface area contributed by atoms with Crippen molar-refractivity contribution in [2.24, 2.45) is 27.7 Å². The molecule has 5 aliphatic rings. The van der Waals surface area contributed by atoms with Gasteiger partial charge in [0.05, 0.1) is 7.11 Å². The van der Waals surface area contributed by atoms with Crippen molar-refractivity contribution in [3.05, 3.63) is 64.8 Å². The van der Waals surface area contributed by atoms with Gasteiger partial charge >= 0.3 is 5.97 Å². The van der Waals surface area contributed by atoms with Crippen LogP contribution in [0.25, 0.3) is 4.91 Å². The highest BCUT2D eigenvalue weighted by Crippen LogP contribution is 2.49. The summed E-state index contributed by atoms with van der Waals surface area (Å²) in [5, 5.41) is -0.223. The molecule has 0 aromatic heterocycles. The first-order valence-corrected chi connectivity index (χ1v) is 15.3. The smallest absolute Gasteiger partial charge is 0.320 e. The number of benzene rings is 1. The third kappa shape index (κ3) is 5.16. The van der Waals surface area contributed by atoms with Gasteiger partial charge in [0.1, 0.15) is 23.3 Å². The Bertz CT molecular complexity index is 1260. The Morgan fingerprint density at radius 3 is 2.51 bits per heavy atom. The monoisotopic (exact) mass is 544 g/mol. The average Bonchev–Trinajstić information content (AvgIpc) is 3.55. The Morgan fingerprint density at radius 2 is 1.79 bits per heavy atom. The quantitative estimate of drug-likeness (QED) is 0.366. The van der Waals surface area contributed by atoms with Crippen molar-refractivity contribution in [3.8, 4) is 0 Å². The number of dihydropyridines is 1. The van der Waals surface area contributed by atoms with Crippen LogP contribution in [-0.2, 0) is 9.53 Å². The first kappa shape index (κ1) is 26.6. The highest BCUT2D eigenvalue weighted by Gasteiger charge is 2.41. The molecule has 1 aromatic carbocycles. The highest BCUT2D eigenvalue weighted by molar-refractivity contribution is 8.09. The molecule has 4 unspecified atom stereocenters. The van der Waals surface area contributed by atoms with E-state index >= 15 is 0 Å². The van der Waals surface area contributed by atoms with Gasteiger partial charge in [-0.25, -0.2) is 0 Å². The second-order valence-corrected chi connectivity index (χ2v) is 13.0. The fourth-order valence-electron chi connectivity index (χ4n) is 6.93. The van der Waals surface area contributed by atoms with Crippen LogP contribution in [0, 0.1) is 17.8 Å². The van der Waals surface area contributed by atoms with Gasteiger partial charge in [0.2, 0.25) is 0 Å². The summed E-state index contributed by atoms with van der Waals surface area (Å²) in [6, 6.07) is 8.74. The topological polar surface area (TPSA) is 57.5 Å². The van der Waals surface area contributed by atoms with Crippen LogP contribution in [0.3, 0.4) is 0 Å². The molecule has 1 fully saturated rings. The minimum absolute atomic E-state index is 0.0451. The molecule has 6 rings (SSSR count). The largest absolute Gasteiger partial charge is 0.468 e. The minimum atomic E-state index is -0.223. The van der Waals surface area contributed by atoms with Gasteiger partial charge in [-0.1, -0.05) is 67.3 Å². The number of aliphatic imine (C=N–C) groups is 2. The molecule has 206 valence electrons. The van der Waals surface area contributed by atoms with Crippen LogP contribution in [0.5, 0.6) is 0 Å². The minimum Gasteiger partial charge on any atom is -0.468 e. The van der Waals surface area contributed by atoms with Crippen LogP contribution in [-0.4, -0.2) is 79.6 Å².